The molecule has 4 rings (SSSR count). The van der Waals surface area contributed by atoms with Crippen molar-refractivity contribution in [3.05, 3.63) is 71.9 Å². The molecule has 1 fully saturated rings. The fraction of sp³-hybridized carbons (Fsp3) is 0.346. The predicted molar refractivity (Wildman–Crippen MR) is 122 cm³/mol. The van der Waals surface area contributed by atoms with E-state index in [0.29, 0.717) is 6.61 Å². The van der Waals surface area contributed by atoms with Gasteiger partial charge in [0, 0.05) is 19.4 Å². The Morgan fingerprint density at radius 3 is 2.47 bits per heavy atom. The first-order chi connectivity index (χ1) is 15.5. The van der Waals surface area contributed by atoms with Crippen molar-refractivity contribution >= 4 is 22.8 Å². The maximum atomic E-state index is 13.1. The van der Waals surface area contributed by atoms with Crippen molar-refractivity contribution < 1.29 is 19.2 Å². The lowest BCUT2D eigenvalue weighted by atomic mass is 9.84. The number of hydrogen-bond acceptors (Lipinski definition) is 5. The van der Waals surface area contributed by atoms with Crippen LogP contribution in [-0.4, -0.2) is 29.0 Å². The Morgan fingerprint density at radius 1 is 1.03 bits per heavy atom. The van der Waals surface area contributed by atoms with Crippen LogP contribution in [0.1, 0.15) is 49.8 Å². The van der Waals surface area contributed by atoms with Crippen LogP contribution in [0.15, 0.2) is 60.7 Å². The number of aromatic nitrogens is 1. The largest absolute Gasteiger partial charge is 0.487 e. The normalized spacial score (nSPS) is 14.8. The van der Waals surface area contributed by atoms with E-state index >= 15 is 0 Å². The zero-order valence-electron chi connectivity index (χ0n) is 18.5. The Kier molecular flexibility index (Phi) is 6.69. The maximum absolute atomic E-state index is 13.1. The van der Waals surface area contributed by atoms with Gasteiger partial charge in [-0.15, -0.1) is 0 Å². The van der Waals surface area contributed by atoms with Gasteiger partial charge in [0.05, 0.1) is 17.1 Å². The molecule has 1 unspecified atom stereocenters. The van der Waals surface area contributed by atoms with Crippen LogP contribution in [0.3, 0.4) is 0 Å². The van der Waals surface area contributed by atoms with E-state index in [9.17, 15) is 9.59 Å². The molecule has 166 valence electrons. The van der Waals surface area contributed by atoms with Gasteiger partial charge in [-0.25, -0.2) is 4.98 Å². The number of hydrogen-bond donors (Lipinski definition) is 0. The molecular formula is C26H28N2O4. The molecule has 1 heterocycles. The molecule has 0 saturated heterocycles. The van der Waals surface area contributed by atoms with Gasteiger partial charge in [0.1, 0.15) is 12.4 Å². The minimum Gasteiger partial charge on any atom is -0.487 e. The molecule has 0 N–H and O–H groups in total. The molecule has 0 aliphatic heterocycles. The fourth-order valence-corrected chi connectivity index (χ4v) is 4.46. The molecule has 1 aromatic heterocycles. The highest BCUT2D eigenvalue weighted by molar-refractivity contribution is 5.84. The number of carbonyl (C=O) groups is 2. The summed E-state index contributed by atoms with van der Waals surface area (Å²) in [5, 5.41) is 2.17. The Labute approximate surface area is 188 Å². The van der Waals surface area contributed by atoms with Crippen molar-refractivity contribution in [1.29, 1.82) is 0 Å². The molecule has 1 saturated carbocycles. The van der Waals surface area contributed by atoms with E-state index in [0.717, 1.165) is 58.7 Å². The second-order valence-electron chi connectivity index (χ2n) is 8.29. The summed E-state index contributed by atoms with van der Waals surface area (Å²) in [5.74, 6) is -0.0694. The summed E-state index contributed by atoms with van der Waals surface area (Å²) in [6.07, 6.45) is 4.23. The molecule has 6 heteroatoms. The first kappa shape index (κ1) is 21.8. The van der Waals surface area contributed by atoms with E-state index in [4.69, 9.17) is 9.57 Å². The third-order valence-electron chi connectivity index (χ3n) is 6.00. The lowest BCUT2D eigenvalue weighted by Gasteiger charge is -2.27. The first-order valence-corrected chi connectivity index (χ1v) is 11.0. The summed E-state index contributed by atoms with van der Waals surface area (Å²) >= 11 is 0. The molecule has 1 amide bonds. The van der Waals surface area contributed by atoms with E-state index in [2.05, 4.69) is 4.98 Å². The number of ether oxygens (including phenoxy) is 1. The number of pyridine rings is 1. The van der Waals surface area contributed by atoms with Crippen LogP contribution < -0.4 is 4.74 Å². The smallest absolute Gasteiger partial charge is 0.329 e. The predicted octanol–water partition coefficient (Wildman–Crippen LogP) is 5.02. The third-order valence-corrected chi connectivity index (χ3v) is 6.00. The molecule has 1 aliphatic carbocycles. The number of para-hydroxylation sites is 1. The second-order valence-corrected chi connectivity index (χ2v) is 8.29. The van der Waals surface area contributed by atoms with Crippen molar-refractivity contribution in [3.63, 3.8) is 0 Å². The molecule has 0 spiro atoms. The Hall–Kier alpha value is -3.41. The van der Waals surface area contributed by atoms with Crippen molar-refractivity contribution in [2.45, 2.75) is 45.1 Å². The standard InChI is InChI=1S/C26H28N2O4/c1-18(29)32-28(2)26(30)25(20-8-3-4-9-20)21-12-15-23(16-13-21)31-17-22-14-11-19-7-5-6-10-24(19)27-22/h5-7,10-16,20,25H,3-4,8-9,17H2,1-2H3. The summed E-state index contributed by atoms with van der Waals surface area (Å²) in [4.78, 5) is 34.1. The molecule has 32 heavy (non-hydrogen) atoms. The van der Waals surface area contributed by atoms with Crippen LogP contribution >= 0.6 is 0 Å². The first-order valence-electron chi connectivity index (χ1n) is 11.0. The minimum absolute atomic E-state index is 0.193. The third kappa shape index (κ3) is 5.07. The van der Waals surface area contributed by atoms with Gasteiger partial charge >= 0.3 is 5.97 Å². The van der Waals surface area contributed by atoms with Crippen molar-refractivity contribution in [3.8, 4) is 5.75 Å². The topological polar surface area (TPSA) is 68.7 Å². The maximum Gasteiger partial charge on any atom is 0.329 e. The lowest BCUT2D eigenvalue weighted by Crippen LogP contribution is -2.36. The second kappa shape index (κ2) is 9.81. The number of benzene rings is 2. The Balaban J connectivity index is 1.46. The van der Waals surface area contributed by atoms with Crippen LogP contribution in [0.4, 0.5) is 0 Å². The van der Waals surface area contributed by atoms with E-state index in [-0.39, 0.29) is 17.7 Å². The van der Waals surface area contributed by atoms with Crippen molar-refractivity contribution in [1.82, 2.24) is 10.0 Å². The van der Waals surface area contributed by atoms with Gasteiger partial charge in [-0.3, -0.25) is 9.59 Å². The minimum atomic E-state index is -0.503. The summed E-state index contributed by atoms with van der Waals surface area (Å²) in [7, 11) is 1.50. The van der Waals surface area contributed by atoms with Crippen LogP contribution in [-0.2, 0) is 21.0 Å². The molecule has 2 aromatic carbocycles. The molecule has 0 radical (unpaired) electrons. The number of amides is 1. The van der Waals surface area contributed by atoms with Crippen LogP contribution in [0.25, 0.3) is 10.9 Å². The van der Waals surface area contributed by atoms with Gasteiger partial charge in [0.25, 0.3) is 5.91 Å². The Bertz CT molecular complexity index is 1090. The number of hydroxylamine groups is 2. The van der Waals surface area contributed by atoms with E-state index in [1.165, 1.54) is 14.0 Å². The van der Waals surface area contributed by atoms with Crippen LogP contribution in [0, 0.1) is 5.92 Å². The number of nitrogens with zero attached hydrogens (tertiary/aromatic N) is 2. The van der Waals surface area contributed by atoms with Crippen molar-refractivity contribution in [2.24, 2.45) is 5.92 Å². The number of fused-ring (bicyclic) bond motifs is 1. The van der Waals surface area contributed by atoms with E-state index in [1.807, 2.05) is 60.7 Å². The van der Waals surface area contributed by atoms with E-state index < -0.39 is 5.97 Å². The highest BCUT2D eigenvalue weighted by Gasteiger charge is 2.34. The number of likely N-dealkylation sites (N-methyl/N-ethyl adjacent to an activating group) is 1. The summed E-state index contributed by atoms with van der Waals surface area (Å²) in [6.45, 7) is 1.66. The fourth-order valence-electron chi connectivity index (χ4n) is 4.46. The van der Waals surface area contributed by atoms with Crippen LogP contribution in [0.5, 0.6) is 5.75 Å². The van der Waals surface area contributed by atoms with Gasteiger partial charge in [0.15, 0.2) is 0 Å². The number of rotatable bonds is 6. The highest BCUT2D eigenvalue weighted by atomic mass is 16.7. The number of carbonyl (C=O) groups excluding carboxylic acids is 2. The summed E-state index contributed by atoms with van der Waals surface area (Å²) in [5.41, 5.74) is 2.71. The summed E-state index contributed by atoms with van der Waals surface area (Å²) < 4.78 is 5.93. The molecule has 6 nitrogen and oxygen atoms in total. The SMILES string of the molecule is CC(=O)ON(C)C(=O)C(c1ccc(OCc2ccc3ccccc3n2)cc1)C1CCCC1. The Morgan fingerprint density at radius 2 is 1.75 bits per heavy atom. The molecule has 1 aliphatic rings. The average Bonchev–Trinajstić information content (AvgIpc) is 3.32. The molecule has 0 bridgehead atoms. The van der Waals surface area contributed by atoms with Gasteiger partial charge in [-0.1, -0.05) is 49.2 Å². The molecular weight excluding hydrogens is 404 g/mol. The molecule has 3 aromatic rings. The monoisotopic (exact) mass is 432 g/mol. The average molecular weight is 433 g/mol. The quantitative estimate of drug-likeness (QED) is 0.512. The molecule has 1 atom stereocenters. The highest BCUT2D eigenvalue weighted by Crippen LogP contribution is 2.39. The zero-order valence-corrected chi connectivity index (χ0v) is 18.5. The van der Waals surface area contributed by atoms with Gasteiger partial charge in [-0.2, -0.15) is 5.06 Å². The van der Waals surface area contributed by atoms with Gasteiger partial charge in [-0.05, 0) is 48.6 Å². The van der Waals surface area contributed by atoms with Crippen LogP contribution in [0.2, 0.25) is 0 Å². The lowest BCUT2D eigenvalue weighted by molar-refractivity contribution is -0.192. The summed E-state index contributed by atoms with van der Waals surface area (Å²) in [6, 6.07) is 19.6. The van der Waals surface area contributed by atoms with E-state index in [1.54, 1.807) is 0 Å². The van der Waals surface area contributed by atoms with Crippen molar-refractivity contribution in [2.75, 3.05) is 7.05 Å². The van der Waals surface area contributed by atoms with Gasteiger partial charge < -0.3 is 9.57 Å². The zero-order chi connectivity index (χ0) is 22.5. The van der Waals surface area contributed by atoms with Gasteiger partial charge in [0.2, 0.25) is 0 Å².